The van der Waals surface area contributed by atoms with Gasteiger partial charge in [-0.25, -0.2) is 8.78 Å². The van der Waals surface area contributed by atoms with Gasteiger partial charge in [-0.3, -0.25) is 4.79 Å². The monoisotopic (exact) mass is 220 g/mol. The first-order chi connectivity index (χ1) is 6.94. The number of amides is 1. The summed E-state index contributed by atoms with van der Waals surface area (Å²) in [6.07, 6.45) is 0.547. The van der Waals surface area contributed by atoms with Gasteiger partial charge in [-0.05, 0) is 18.9 Å². The van der Waals surface area contributed by atoms with Gasteiger partial charge in [0.25, 0.3) is 5.92 Å². The molecule has 0 saturated carbocycles. The van der Waals surface area contributed by atoms with Gasteiger partial charge < -0.3 is 10.6 Å². The summed E-state index contributed by atoms with van der Waals surface area (Å²) in [7, 11) is 0. The lowest BCUT2D eigenvalue weighted by atomic mass is 10.0. The molecule has 2 N–H and O–H groups in total. The van der Waals surface area contributed by atoms with E-state index in [0.717, 1.165) is 0 Å². The van der Waals surface area contributed by atoms with E-state index in [-0.39, 0.29) is 24.7 Å². The minimum atomic E-state index is -2.71. The lowest BCUT2D eigenvalue weighted by Crippen LogP contribution is -2.46. The van der Waals surface area contributed by atoms with Crippen LogP contribution in [0.15, 0.2) is 0 Å². The largest absolute Gasteiger partial charge is 0.337 e. The first kappa shape index (κ1) is 12.4. The van der Waals surface area contributed by atoms with Crippen molar-refractivity contribution in [3.8, 4) is 0 Å². The summed E-state index contributed by atoms with van der Waals surface area (Å²) in [5, 5.41) is 0. The van der Waals surface area contributed by atoms with Gasteiger partial charge in [-0.2, -0.15) is 0 Å². The molecule has 0 aromatic carbocycles. The molecule has 0 radical (unpaired) electrons. The SMILES string of the molecule is CC(CN)CC(=O)N1CCCC(F)(F)C1. The van der Waals surface area contributed by atoms with Crippen LogP contribution in [0.4, 0.5) is 8.78 Å². The van der Waals surface area contributed by atoms with Crippen LogP contribution in [0.3, 0.4) is 0 Å². The second-order valence-corrected chi connectivity index (χ2v) is 4.32. The molecule has 1 rings (SSSR count). The third-order valence-electron chi connectivity index (χ3n) is 2.67. The zero-order valence-electron chi connectivity index (χ0n) is 9.01. The number of likely N-dealkylation sites (tertiary alicyclic amines) is 1. The van der Waals surface area contributed by atoms with Crippen LogP contribution < -0.4 is 5.73 Å². The molecule has 1 unspecified atom stereocenters. The number of piperidine rings is 1. The summed E-state index contributed by atoms with van der Waals surface area (Å²) in [5.41, 5.74) is 5.38. The molecular weight excluding hydrogens is 202 g/mol. The van der Waals surface area contributed by atoms with E-state index in [1.807, 2.05) is 6.92 Å². The Bertz CT molecular complexity index is 233. The fourth-order valence-corrected chi connectivity index (χ4v) is 1.69. The summed E-state index contributed by atoms with van der Waals surface area (Å²) < 4.78 is 26.0. The molecule has 0 aliphatic carbocycles. The number of nitrogens with two attached hydrogens (primary N) is 1. The van der Waals surface area contributed by atoms with Gasteiger partial charge in [-0.15, -0.1) is 0 Å². The molecule has 0 spiro atoms. The maximum atomic E-state index is 13.0. The molecule has 1 fully saturated rings. The Morgan fingerprint density at radius 2 is 2.27 bits per heavy atom. The molecule has 88 valence electrons. The average Bonchev–Trinajstić information content (AvgIpc) is 2.16. The van der Waals surface area contributed by atoms with Crippen LogP contribution in [0.2, 0.25) is 0 Å². The van der Waals surface area contributed by atoms with Crippen LogP contribution in [0, 0.1) is 5.92 Å². The number of rotatable bonds is 3. The molecule has 1 atom stereocenters. The number of hydrogen-bond acceptors (Lipinski definition) is 2. The summed E-state index contributed by atoms with van der Waals surface area (Å²) in [6, 6.07) is 0. The number of halogens is 2. The van der Waals surface area contributed by atoms with Crippen LogP contribution in [-0.4, -0.2) is 36.4 Å². The molecule has 15 heavy (non-hydrogen) atoms. The Hall–Kier alpha value is -0.710. The van der Waals surface area contributed by atoms with Gasteiger partial charge in [0.05, 0.1) is 6.54 Å². The van der Waals surface area contributed by atoms with E-state index in [0.29, 0.717) is 19.5 Å². The van der Waals surface area contributed by atoms with Crippen molar-refractivity contribution < 1.29 is 13.6 Å². The van der Waals surface area contributed by atoms with E-state index in [1.165, 1.54) is 4.90 Å². The van der Waals surface area contributed by atoms with Crippen molar-refractivity contribution in [1.82, 2.24) is 4.90 Å². The third kappa shape index (κ3) is 3.74. The van der Waals surface area contributed by atoms with E-state index in [9.17, 15) is 13.6 Å². The zero-order chi connectivity index (χ0) is 11.5. The highest BCUT2D eigenvalue weighted by Crippen LogP contribution is 2.27. The average molecular weight is 220 g/mol. The Labute approximate surface area is 88.6 Å². The van der Waals surface area contributed by atoms with Crippen LogP contribution in [-0.2, 0) is 4.79 Å². The van der Waals surface area contributed by atoms with Gasteiger partial charge in [0.2, 0.25) is 5.91 Å². The molecule has 5 heteroatoms. The Balaban J connectivity index is 2.46. The number of carbonyl (C=O) groups excluding carboxylic acids is 1. The third-order valence-corrected chi connectivity index (χ3v) is 2.67. The predicted octanol–water partition coefficient (Wildman–Crippen LogP) is 1.23. The highest BCUT2D eigenvalue weighted by molar-refractivity contribution is 5.76. The van der Waals surface area contributed by atoms with E-state index < -0.39 is 12.5 Å². The van der Waals surface area contributed by atoms with Crippen LogP contribution in [0.1, 0.15) is 26.2 Å². The van der Waals surface area contributed by atoms with E-state index in [4.69, 9.17) is 5.73 Å². The lowest BCUT2D eigenvalue weighted by Gasteiger charge is -2.33. The molecule has 1 amide bonds. The quantitative estimate of drug-likeness (QED) is 0.777. The van der Waals surface area contributed by atoms with E-state index >= 15 is 0 Å². The molecule has 1 saturated heterocycles. The van der Waals surface area contributed by atoms with Crippen molar-refractivity contribution in [3.63, 3.8) is 0 Å². The fraction of sp³-hybridized carbons (Fsp3) is 0.900. The fourth-order valence-electron chi connectivity index (χ4n) is 1.69. The summed E-state index contributed by atoms with van der Waals surface area (Å²) in [5.74, 6) is -2.85. The second kappa shape index (κ2) is 4.88. The highest BCUT2D eigenvalue weighted by Gasteiger charge is 2.36. The molecule has 0 aromatic heterocycles. The molecule has 1 aliphatic heterocycles. The van der Waals surface area contributed by atoms with Crippen LogP contribution in [0.5, 0.6) is 0 Å². The molecule has 3 nitrogen and oxygen atoms in total. The molecule has 1 heterocycles. The van der Waals surface area contributed by atoms with Crippen LogP contribution >= 0.6 is 0 Å². The Morgan fingerprint density at radius 3 is 2.80 bits per heavy atom. The topological polar surface area (TPSA) is 46.3 Å². The normalized spacial score (nSPS) is 22.5. The van der Waals surface area contributed by atoms with E-state index in [2.05, 4.69) is 0 Å². The van der Waals surface area contributed by atoms with Crippen molar-refractivity contribution in [1.29, 1.82) is 0 Å². The van der Waals surface area contributed by atoms with Gasteiger partial charge in [-0.1, -0.05) is 6.92 Å². The minimum Gasteiger partial charge on any atom is -0.337 e. The Morgan fingerprint density at radius 1 is 1.60 bits per heavy atom. The number of nitrogens with zero attached hydrogens (tertiary/aromatic N) is 1. The smallest absolute Gasteiger partial charge is 0.265 e. The van der Waals surface area contributed by atoms with Crippen molar-refractivity contribution in [2.45, 2.75) is 32.1 Å². The highest BCUT2D eigenvalue weighted by atomic mass is 19.3. The predicted molar refractivity (Wildman–Crippen MR) is 53.6 cm³/mol. The zero-order valence-corrected chi connectivity index (χ0v) is 9.01. The van der Waals surface area contributed by atoms with Crippen LogP contribution in [0.25, 0.3) is 0 Å². The second-order valence-electron chi connectivity index (χ2n) is 4.32. The van der Waals surface area contributed by atoms with Crippen molar-refractivity contribution in [3.05, 3.63) is 0 Å². The van der Waals surface area contributed by atoms with Crippen molar-refractivity contribution in [2.24, 2.45) is 11.7 Å². The summed E-state index contributed by atoms with van der Waals surface area (Å²) >= 11 is 0. The first-order valence-corrected chi connectivity index (χ1v) is 5.30. The standard InChI is InChI=1S/C10H18F2N2O/c1-8(6-13)5-9(15)14-4-2-3-10(11,12)7-14/h8H,2-7,13H2,1H3. The molecular formula is C10H18F2N2O. The Kier molecular flexibility index (Phi) is 4.02. The van der Waals surface area contributed by atoms with E-state index in [1.54, 1.807) is 0 Å². The number of hydrogen-bond donors (Lipinski definition) is 1. The van der Waals surface area contributed by atoms with Gasteiger partial charge >= 0.3 is 0 Å². The number of carbonyl (C=O) groups is 1. The van der Waals surface area contributed by atoms with Crippen molar-refractivity contribution in [2.75, 3.05) is 19.6 Å². The first-order valence-electron chi connectivity index (χ1n) is 5.30. The minimum absolute atomic E-state index is 0.0630. The van der Waals surface area contributed by atoms with Gasteiger partial charge in [0.15, 0.2) is 0 Å². The van der Waals surface area contributed by atoms with Gasteiger partial charge in [0.1, 0.15) is 0 Å². The summed E-state index contributed by atoms with van der Waals surface area (Å²) in [4.78, 5) is 12.9. The maximum Gasteiger partial charge on any atom is 0.265 e. The number of alkyl halides is 2. The summed E-state index contributed by atoms with van der Waals surface area (Å²) in [6.45, 7) is 2.28. The maximum absolute atomic E-state index is 13.0. The molecule has 0 aromatic rings. The van der Waals surface area contributed by atoms with Gasteiger partial charge in [0, 0.05) is 19.4 Å². The molecule has 0 bridgehead atoms. The lowest BCUT2D eigenvalue weighted by molar-refractivity contribution is -0.142. The van der Waals surface area contributed by atoms with Crippen molar-refractivity contribution >= 4 is 5.91 Å². The molecule has 1 aliphatic rings.